The topological polar surface area (TPSA) is 41.3 Å². The monoisotopic (exact) mass is 301 g/mol. The van der Waals surface area contributed by atoms with Crippen molar-refractivity contribution in [3.63, 3.8) is 0 Å². The number of hydrogen-bond acceptors (Lipinski definition) is 3. The molecule has 1 aromatic rings. The molecule has 0 bridgehead atoms. The molecule has 0 aliphatic heterocycles. The van der Waals surface area contributed by atoms with Crippen LogP contribution in [0, 0.1) is 0 Å². The van der Waals surface area contributed by atoms with E-state index >= 15 is 0 Å². The molecule has 0 unspecified atom stereocenters. The second kappa shape index (κ2) is 5.08. The molecule has 17 heavy (non-hydrogen) atoms. The Morgan fingerprint density at radius 1 is 1.47 bits per heavy atom. The molecule has 5 heteroatoms. The van der Waals surface area contributed by atoms with E-state index in [1.807, 2.05) is 18.8 Å². The fourth-order valence-corrected chi connectivity index (χ4v) is 3.15. The maximum absolute atomic E-state index is 10.7. The number of nitrogens with zero attached hydrogens (tertiary/aromatic N) is 3. The van der Waals surface area contributed by atoms with Crippen molar-refractivity contribution < 1.29 is 5.11 Å². The summed E-state index contributed by atoms with van der Waals surface area (Å²) in [5, 5.41) is 15.0. The Hall–Kier alpha value is -0.390. The number of aliphatic hydroxyl groups is 1. The molecule has 0 spiro atoms. The Kier molecular flexibility index (Phi) is 3.90. The maximum Gasteiger partial charge on any atom is 0.107 e. The molecule has 1 aliphatic rings. The zero-order chi connectivity index (χ0) is 12.5. The molecule has 1 saturated carbocycles. The fraction of sp³-hybridized carbons (Fsp3) is 0.750. The molecular formula is C12H20BrN3O. The van der Waals surface area contributed by atoms with Crippen LogP contribution in [0.5, 0.6) is 0 Å². The van der Waals surface area contributed by atoms with Crippen molar-refractivity contribution in [1.29, 1.82) is 0 Å². The van der Waals surface area contributed by atoms with Crippen molar-refractivity contribution in [3.05, 3.63) is 16.4 Å². The van der Waals surface area contributed by atoms with E-state index in [1.165, 1.54) is 0 Å². The zero-order valence-electron chi connectivity index (χ0n) is 10.5. The highest BCUT2D eigenvalue weighted by molar-refractivity contribution is 9.10. The van der Waals surface area contributed by atoms with Crippen molar-refractivity contribution in [2.45, 2.75) is 37.8 Å². The third-order valence-electron chi connectivity index (χ3n) is 3.43. The van der Waals surface area contributed by atoms with Crippen LogP contribution in [0.25, 0.3) is 0 Å². The largest absolute Gasteiger partial charge is 0.384 e. The Morgan fingerprint density at radius 2 is 2.12 bits per heavy atom. The van der Waals surface area contributed by atoms with E-state index in [4.69, 9.17) is 0 Å². The summed E-state index contributed by atoms with van der Waals surface area (Å²) < 4.78 is 2.87. The molecule has 0 saturated heterocycles. The first-order valence-electron chi connectivity index (χ1n) is 6.12. The van der Waals surface area contributed by atoms with Crippen LogP contribution in [0.3, 0.4) is 0 Å². The second-order valence-electron chi connectivity index (χ2n) is 5.11. The van der Waals surface area contributed by atoms with Crippen LogP contribution in [0.2, 0.25) is 0 Å². The van der Waals surface area contributed by atoms with Gasteiger partial charge in [-0.15, -0.1) is 0 Å². The number of likely N-dealkylation sites (N-methyl/N-ethyl adjacent to an activating group) is 1. The van der Waals surface area contributed by atoms with Crippen LogP contribution >= 0.6 is 15.9 Å². The third kappa shape index (κ3) is 2.72. The third-order valence-corrected chi connectivity index (χ3v) is 4.01. The van der Waals surface area contributed by atoms with Crippen molar-refractivity contribution in [2.75, 3.05) is 20.6 Å². The van der Waals surface area contributed by atoms with Gasteiger partial charge in [0.05, 0.1) is 22.9 Å². The Bertz CT molecular complexity index is 383. The van der Waals surface area contributed by atoms with Crippen LogP contribution in [0.4, 0.5) is 0 Å². The van der Waals surface area contributed by atoms with Gasteiger partial charge < -0.3 is 10.0 Å². The lowest BCUT2D eigenvalue weighted by atomic mass is 9.98. The van der Waals surface area contributed by atoms with Gasteiger partial charge in [-0.05, 0) is 42.9 Å². The van der Waals surface area contributed by atoms with Gasteiger partial charge in [-0.25, -0.2) is 0 Å². The van der Waals surface area contributed by atoms with Crippen molar-refractivity contribution >= 4 is 15.9 Å². The summed E-state index contributed by atoms with van der Waals surface area (Å²) in [4.78, 5) is 2.12. The molecule has 0 amide bonds. The SMILES string of the molecule is CN(C)CCn1ncc(Br)c1C1(O)CCCC1. The highest BCUT2D eigenvalue weighted by Crippen LogP contribution is 2.41. The van der Waals surface area contributed by atoms with Gasteiger partial charge in [0, 0.05) is 6.54 Å². The Labute approximate surface area is 111 Å². The lowest BCUT2D eigenvalue weighted by molar-refractivity contribution is 0.0338. The van der Waals surface area contributed by atoms with E-state index in [0.717, 1.165) is 48.9 Å². The Morgan fingerprint density at radius 3 is 2.71 bits per heavy atom. The van der Waals surface area contributed by atoms with Gasteiger partial charge >= 0.3 is 0 Å². The first-order valence-corrected chi connectivity index (χ1v) is 6.91. The van der Waals surface area contributed by atoms with Crippen LogP contribution in [0.1, 0.15) is 31.4 Å². The predicted molar refractivity (Wildman–Crippen MR) is 70.8 cm³/mol. The number of hydrogen-bond donors (Lipinski definition) is 1. The molecule has 0 aromatic carbocycles. The zero-order valence-corrected chi connectivity index (χ0v) is 12.1. The van der Waals surface area contributed by atoms with E-state index in [1.54, 1.807) is 6.20 Å². The summed E-state index contributed by atoms with van der Waals surface area (Å²) in [5.41, 5.74) is 0.276. The van der Waals surface area contributed by atoms with Gasteiger partial charge in [0.2, 0.25) is 0 Å². The summed E-state index contributed by atoms with van der Waals surface area (Å²) >= 11 is 3.51. The number of aromatic nitrogens is 2. The second-order valence-corrected chi connectivity index (χ2v) is 5.96. The minimum atomic E-state index is -0.679. The first-order chi connectivity index (χ1) is 8.03. The fourth-order valence-electron chi connectivity index (χ4n) is 2.49. The molecule has 1 aromatic heterocycles. The minimum absolute atomic E-state index is 0.679. The maximum atomic E-state index is 10.7. The molecule has 96 valence electrons. The van der Waals surface area contributed by atoms with Gasteiger partial charge in [-0.3, -0.25) is 4.68 Å². The Balaban J connectivity index is 2.23. The van der Waals surface area contributed by atoms with Crippen LogP contribution in [-0.4, -0.2) is 40.4 Å². The molecule has 1 fully saturated rings. The normalized spacial score (nSPS) is 19.1. The smallest absolute Gasteiger partial charge is 0.107 e. The van der Waals surface area contributed by atoms with E-state index in [0.29, 0.717) is 0 Å². The molecule has 4 nitrogen and oxygen atoms in total. The predicted octanol–water partition coefficient (Wildman–Crippen LogP) is 1.97. The highest BCUT2D eigenvalue weighted by Gasteiger charge is 2.37. The van der Waals surface area contributed by atoms with E-state index in [-0.39, 0.29) is 0 Å². The molecule has 1 N–H and O–H groups in total. The quantitative estimate of drug-likeness (QED) is 0.924. The molecule has 0 radical (unpaired) electrons. The molecule has 2 rings (SSSR count). The molecular weight excluding hydrogens is 282 g/mol. The van der Waals surface area contributed by atoms with Crippen molar-refractivity contribution in [2.24, 2.45) is 0 Å². The first kappa shape index (κ1) is 13.1. The van der Waals surface area contributed by atoms with Gasteiger partial charge in [0.15, 0.2) is 0 Å². The van der Waals surface area contributed by atoms with Gasteiger partial charge in [0.25, 0.3) is 0 Å². The highest BCUT2D eigenvalue weighted by atomic mass is 79.9. The number of rotatable bonds is 4. The summed E-state index contributed by atoms with van der Waals surface area (Å²) in [6.45, 7) is 1.74. The summed E-state index contributed by atoms with van der Waals surface area (Å²) in [5.74, 6) is 0. The average molecular weight is 302 g/mol. The average Bonchev–Trinajstić information content (AvgIpc) is 2.83. The summed E-state index contributed by atoms with van der Waals surface area (Å²) in [6, 6.07) is 0. The van der Waals surface area contributed by atoms with Gasteiger partial charge in [0.1, 0.15) is 5.60 Å². The van der Waals surface area contributed by atoms with Gasteiger partial charge in [-0.2, -0.15) is 5.10 Å². The molecule has 0 atom stereocenters. The minimum Gasteiger partial charge on any atom is -0.384 e. The number of halogens is 1. The standard InChI is InChI=1S/C12H20BrN3O/c1-15(2)7-8-16-11(10(13)9-14-16)12(17)5-3-4-6-12/h9,17H,3-8H2,1-2H3. The van der Waals surface area contributed by atoms with Crippen LogP contribution in [0.15, 0.2) is 10.7 Å². The van der Waals surface area contributed by atoms with Crippen molar-refractivity contribution in [3.8, 4) is 0 Å². The van der Waals surface area contributed by atoms with E-state index in [2.05, 4.69) is 25.9 Å². The van der Waals surface area contributed by atoms with Crippen LogP contribution in [-0.2, 0) is 12.1 Å². The summed E-state index contributed by atoms with van der Waals surface area (Å²) in [7, 11) is 4.09. The summed E-state index contributed by atoms with van der Waals surface area (Å²) in [6.07, 6.45) is 5.68. The van der Waals surface area contributed by atoms with Crippen molar-refractivity contribution in [1.82, 2.24) is 14.7 Å². The van der Waals surface area contributed by atoms with E-state index in [9.17, 15) is 5.11 Å². The van der Waals surface area contributed by atoms with Crippen LogP contribution < -0.4 is 0 Å². The lowest BCUT2D eigenvalue weighted by Crippen LogP contribution is -2.28. The lowest BCUT2D eigenvalue weighted by Gasteiger charge is -2.24. The van der Waals surface area contributed by atoms with Gasteiger partial charge in [-0.1, -0.05) is 12.8 Å². The van der Waals surface area contributed by atoms with E-state index < -0.39 is 5.60 Å². The molecule has 1 heterocycles. The molecule has 1 aliphatic carbocycles.